The molecule has 1 unspecified atom stereocenters. The number of phenolic OH excluding ortho intramolecular Hbond substituents is 1. The van der Waals surface area contributed by atoms with Gasteiger partial charge in [-0.15, -0.1) is 0 Å². The molecule has 0 amide bonds. The summed E-state index contributed by atoms with van der Waals surface area (Å²) in [4.78, 5) is 0. The molecule has 2 N–H and O–H groups in total. The highest BCUT2D eigenvalue weighted by atomic mass is 16.5. The van der Waals surface area contributed by atoms with E-state index in [-0.39, 0.29) is 12.4 Å². The summed E-state index contributed by atoms with van der Waals surface area (Å²) >= 11 is 0. The fourth-order valence-electron chi connectivity index (χ4n) is 1.72. The lowest BCUT2D eigenvalue weighted by Gasteiger charge is -2.30. The number of phenols is 1. The minimum absolute atomic E-state index is 0.123. The molecule has 1 fully saturated rings. The number of aliphatic hydroxyl groups is 1. The highest BCUT2D eigenvalue weighted by Gasteiger charge is 2.26. The van der Waals surface area contributed by atoms with Gasteiger partial charge in [-0.1, -0.05) is 18.6 Å². The zero-order chi connectivity index (χ0) is 10.7. The Morgan fingerprint density at radius 2 is 2.07 bits per heavy atom. The summed E-state index contributed by atoms with van der Waals surface area (Å²) in [6.07, 6.45) is 2.98. The van der Waals surface area contributed by atoms with Crippen molar-refractivity contribution in [2.75, 3.05) is 6.61 Å². The molecule has 0 bridgehead atoms. The smallest absolute Gasteiger partial charge is 0.161 e. The summed E-state index contributed by atoms with van der Waals surface area (Å²) in [5, 5.41) is 19.1. The number of aromatic hydroxyl groups is 1. The quantitative estimate of drug-likeness (QED) is 0.795. The Kier molecular flexibility index (Phi) is 3.11. The average molecular weight is 208 g/mol. The first kappa shape index (κ1) is 10.3. The van der Waals surface area contributed by atoms with Crippen LogP contribution < -0.4 is 4.74 Å². The maximum Gasteiger partial charge on any atom is 0.161 e. The first-order valence-corrected chi connectivity index (χ1v) is 5.36. The number of para-hydroxylation sites is 2. The minimum Gasteiger partial charge on any atom is -0.504 e. The molecule has 15 heavy (non-hydrogen) atoms. The maximum atomic E-state index is 9.71. The lowest BCUT2D eigenvalue weighted by Crippen LogP contribution is -2.31. The zero-order valence-electron chi connectivity index (χ0n) is 8.60. The molecule has 0 aromatic heterocycles. The zero-order valence-corrected chi connectivity index (χ0v) is 8.60. The summed E-state index contributed by atoms with van der Waals surface area (Å²) in [5.74, 6) is 0.949. The van der Waals surface area contributed by atoms with Gasteiger partial charge in [-0.2, -0.15) is 0 Å². The predicted octanol–water partition coefficient (Wildman–Crippen LogP) is 1.93. The number of aliphatic hydroxyl groups excluding tert-OH is 1. The average Bonchev–Trinajstić information content (AvgIpc) is 2.14. The van der Waals surface area contributed by atoms with Crippen molar-refractivity contribution in [3.63, 3.8) is 0 Å². The van der Waals surface area contributed by atoms with Gasteiger partial charge in [0.1, 0.15) is 6.61 Å². The maximum absolute atomic E-state index is 9.71. The van der Waals surface area contributed by atoms with Crippen molar-refractivity contribution in [3.05, 3.63) is 24.3 Å². The van der Waals surface area contributed by atoms with Crippen LogP contribution in [0.3, 0.4) is 0 Å². The molecule has 3 nitrogen and oxygen atoms in total. The highest BCUT2D eigenvalue weighted by Crippen LogP contribution is 2.30. The van der Waals surface area contributed by atoms with E-state index in [1.807, 2.05) is 0 Å². The van der Waals surface area contributed by atoms with Gasteiger partial charge < -0.3 is 14.9 Å². The third-order valence-corrected chi connectivity index (χ3v) is 2.97. The fraction of sp³-hybridized carbons (Fsp3) is 0.500. The predicted molar refractivity (Wildman–Crippen MR) is 56.9 cm³/mol. The number of benzene rings is 1. The molecule has 1 aliphatic rings. The van der Waals surface area contributed by atoms with E-state index < -0.39 is 6.10 Å². The Balaban J connectivity index is 1.84. The molecular weight excluding hydrogens is 192 g/mol. The molecule has 1 aromatic rings. The van der Waals surface area contributed by atoms with Crippen molar-refractivity contribution in [1.82, 2.24) is 0 Å². The van der Waals surface area contributed by atoms with Crippen molar-refractivity contribution < 1.29 is 14.9 Å². The van der Waals surface area contributed by atoms with E-state index >= 15 is 0 Å². The van der Waals surface area contributed by atoms with E-state index in [0.717, 1.165) is 12.8 Å². The molecule has 1 aromatic carbocycles. The third kappa shape index (κ3) is 2.42. The Morgan fingerprint density at radius 3 is 2.67 bits per heavy atom. The molecule has 0 heterocycles. The van der Waals surface area contributed by atoms with Crippen LogP contribution in [0.4, 0.5) is 0 Å². The van der Waals surface area contributed by atoms with Crippen LogP contribution in [0, 0.1) is 5.92 Å². The van der Waals surface area contributed by atoms with Crippen LogP contribution >= 0.6 is 0 Å². The van der Waals surface area contributed by atoms with E-state index in [4.69, 9.17) is 4.74 Å². The number of rotatable bonds is 4. The lowest BCUT2D eigenvalue weighted by atomic mass is 9.81. The minimum atomic E-state index is -0.404. The van der Waals surface area contributed by atoms with E-state index in [0.29, 0.717) is 11.7 Å². The second-order valence-electron chi connectivity index (χ2n) is 4.04. The van der Waals surface area contributed by atoms with Crippen molar-refractivity contribution in [1.29, 1.82) is 0 Å². The van der Waals surface area contributed by atoms with Crippen LogP contribution in [-0.4, -0.2) is 22.9 Å². The van der Waals surface area contributed by atoms with Crippen molar-refractivity contribution in [3.8, 4) is 11.5 Å². The van der Waals surface area contributed by atoms with E-state index in [2.05, 4.69) is 0 Å². The molecule has 0 radical (unpaired) electrons. The van der Waals surface area contributed by atoms with Crippen molar-refractivity contribution in [2.45, 2.75) is 25.4 Å². The molecule has 1 aliphatic carbocycles. The van der Waals surface area contributed by atoms with Gasteiger partial charge >= 0.3 is 0 Å². The fourth-order valence-corrected chi connectivity index (χ4v) is 1.72. The van der Waals surface area contributed by atoms with Crippen LogP contribution in [-0.2, 0) is 0 Å². The number of ether oxygens (including phenoxy) is 1. The van der Waals surface area contributed by atoms with Gasteiger partial charge in [0.25, 0.3) is 0 Å². The topological polar surface area (TPSA) is 49.7 Å². The van der Waals surface area contributed by atoms with Crippen LogP contribution in [0.2, 0.25) is 0 Å². The van der Waals surface area contributed by atoms with Crippen LogP contribution in [0.25, 0.3) is 0 Å². The van der Waals surface area contributed by atoms with E-state index in [1.54, 1.807) is 24.3 Å². The summed E-state index contributed by atoms with van der Waals surface area (Å²) in [5.41, 5.74) is 0. The van der Waals surface area contributed by atoms with Crippen LogP contribution in [0.15, 0.2) is 24.3 Å². The van der Waals surface area contributed by atoms with Gasteiger partial charge in [-0.3, -0.25) is 0 Å². The number of hydrogen-bond acceptors (Lipinski definition) is 3. The Bertz CT molecular complexity index is 320. The standard InChI is InChI=1S/C12H16O3/c13-10-6-1-2-7-12(10)15-8-11(14)9-4-3-5-9/h1-2,6-7,9,11,13-14H,3-5,8H2. The summed E-state index contributed by atoms with van der Waals surface area (Å²) < 4.78 is 5.36. The van der Waals surface area contributed by atoms with Gasteiger partial charge in [0, 0.05) is 0 Å². The molecule has 0 aliphatic heterocycles. The molecular formula is C12H16O3. The SMILES string of the molecule is Oc1ccccc1OCC(O)C1CCC1. The Morgan fingerprint density at radius 1 is 1.33 bits per heavy atom. The normalized spacial score (nSPS) is 18.2. The van der Waals surface area contributed by atoms with Crippen LogP contribution in [0.1, 0.15) is 19.3 Å². The van der Waals surface area contributed by atoms with E-state index in [1.165, 1.54) is 6.42 Å². The molecule has 1 saturated carbocycles. The number of hydrogen-bond donors (Lipinski definition) is 2. The monoisotopic (exact) mass is 208 g/mol. The Hall–Kier alpha value is -1.22. The molecule has 2 rings (SSSR count). The summed E-state index contributed by atoms with van der Waals surface area (Å²) in [6.45, 7) is 0.266. The van der Waals surface area contributed by atoms with Gasteiger partial charge in [0.15, 0.2) is 11.5 Å². The lowest BCUT2D eigenvalue weighted by molar-refractivity contribution is 0.0234. The molecule has 82 valence electrons. The second-order valence-corrected chi connectivity index (χ2v) is 4.04. The summed E-state index contributed by atoms with van der Waals surface area (Å²) in [7, 11) is 0. The van der Waals surface area contributed by atoms with Crippen LogP contribution in [0.5, 0.6) is 11.5 Å². The second kappa shape index (κ2) is 4.53. The first-order chi connectivity index (χ1) is 7.27. The molecule has 3 heteroatoms. The van der Waals surface area contributed by atoms with Gasteiger partial charge in [-0.25, -0.2) is 0 Å². The van der Waals surface area contributed by atoms with Gasteiger partial charge in [-0.05, 0) is 30.9 Å². The third-order valence-electron chi connectivity index (χ3n) is 2.97. The first-order valence-electron chi connectivity index (χ1n) is 5.36. The Labute approximate surface area is 89.3 Å². The largest absolute Gasteiger partial charge is 0.504 e. The summed E-state index contributed by atoms with van der Waals surface area (Å²) in [6, 6.07) is 6.81. The molecule has 0 saturated heterocycles. The highest BCUT2D eigenvalue weighted by molar-refractivity contribution is 5.37. The van der Waals surface area contributed by atoms with Crippen molar-refractivity contribution in [2.24, 2.45) is 5.92 Å². The van der Waals surface area contributed by atoms with Gasteiger partial charge in [0.2, 0.25) is 0 Å². The van der Waals surface area contributed by atoms with Gasteiger partial charge in [0.05, 0.1) is 6.10 Å². The van der Waals surface area contributed by atoms with E-state index in [9.17, 15) is 10.2 Å². The molecule has 0 spiro atoms. The van der Waals surface area contributed by atoms with Crippen molar-refractivity contribution >= 4 is 0 Å². The molecule has 1 atom stereocenters.